The third-order valence-corrected chi connectivity index (χ3v) is 2.06. The number of hydrogen-bond donors (Lipinski definition) is 3. The Hall–Kier alpha value is -1.82. The van der Waals surface area contributed by atoms with E-state index in [1.807, 2.05) is 0 Å². The molecule has 6 nitrogen and oxygen atoms in total. The van der Waals surface area contributed by atoms with Crippen LogP contribution in [0.3, 0.4) is 0 Å². The van der Waals surface area contributed by atoms with E-state index in [1.54, 1.807) is 19.1 Å². The van der Waals surface area contributed by atoms with Crippen molar-refractivity contribution in [3.8, 4) is 0 Å². The van der Waals surface area contributed by atoms with Gasteiger partial charge in [-0.3, -0.25) is 9.59 Å². The van der Waals surface area contributed by atoms with E-state index >= 15 is 0 Å². The zero-order chi connectivity index (χ0) is 12.7. The first-order chi connectivity index (χ1) is 8.13. The van der Waals surface area contributed by atoms with Crippen molar-refractivity contribution in [1.82, 2.24) is 10.6 Å². The van der Waals surface area contributed by atoms with Gasteiger partial charge in [-0.2, -0.15) is 0 Å². The fourth-order valence-corrected chi connectivity index (χ4v) is 1.18. The molecule has 17 heavy (non-hydrogen) atoms. The fourth-order valence-electron chi connectivity index (χ4n) is 1.18. The van der Waals surface area contributed by atoms with Crippen LogP contribution in [-0.2, 0) is 4.79 Å². The minimum atomic E-state index is -0.349. The topological polar surface area (TPSA) is 91.6 Å². The Labute approximate surface area is 99.0 Å². The highest BCUT2D eigenvalue weighted by atomic mass is 16.3. The van der Waals surface area contributed by atoms with Crippen molar-refractivity contribution >= 4 is 11.8 Å². The highest BCUT2D eigenvalue weighted by Crippen LogP contribution is 1.98. The molecule has 0 aliphatic carbocycles. The lowest BCUT2D eigenvalue weighted by Crippen LogP contribution is -2.37. The van der Waals surface area contributed by atoms with Crippen molar-refractivity contribution in [2.24, 2.45) is 0 Å². The summed E-state index contributed by atoms with van der Waals surface area (Å²) in [5.41, 5.74) is 0. The van der Waals surface area contributed by atoms with Crippen molar-refractivity contribution in [3.05, 3.63) is 24.2 Å². The molecule has 0 bridgehead atoms. The van der Waals surface area contributed by atoms with Crippen LogP contribution in [0.5, 0.6) is 0 Å². The molecule has 0 fully saturated rings. The van der Waals surface area contributed by atoms with Crippen LogP contribution in [0.15, 0.2) is 22.8 Å². The van der Waals surface area contributed by atoms with Crippen LogP contribution in [0.2, 0.25) is 0 Å². The smallest absolute Gasteiger partial charge is 0.286 e. The maximum atomic E-state index is 11.4. The number of carbonyl (C=O) groups excluding carboxylic acids is 2. The number of hydrogen-bond acceptors (Lipinski definition) is 4. The van der Waals surface area contributed by atoms with Gasteiger partial charge in [0.1, 0.15) is 0 Å². The van der Waals surface area contributed by atoms with Gasteiger partial charge in [-0.15, -0.1) is 0 Å². The number of amides is 2. The lowest BCUT2D eigenvalue weighted by Gasteiger charge is -2.10. The van der Waals surface area contributed by atoms with Gasteiger partial charge in [-0.1, -0.05) is 0 Å². The highest BCUT2D eigenvalue weighted by molar-refractivity contribution is 5.91. The number of carbonyl (C=O) groups is 2. The van der Waals surface area contributed by atoms with Crippen molar-refractivity contribution in [2.75, 3.05) is 13.2 Å². The molecular weight excluding hydrogens is 224 g/mol. The first kappa shape index (κ1) is 13.2. The molecular formula is C11H16N2O4. The number of furan rings is 1. The van der Waals surface area contributed by atoms with Gasteiger partial charge in [-0.05, 0) is 19.1 Å². The summed E-state index contributed by atoms with van der Waals surface area (Å²) >= 11 is 0. The Bertz CT molecular complexity index is 362. The van der Waals surface area contributed by atoms with Gasteiger partial charge in [0.2, 0.25) is 5.91 Å². The van der Waals surface area contributed by atoms with Crippen LogP contribution in [-0.4, -0.2) is 36.1 Å². The molecule has 0 unspecified atom stereocenters. The zero-order valence-corrected chi connectivity index (χ0v) is 9.60. The Morgan fingerprint density at radius 3 is 2.88 bits per heavy atom. The third-order valence-electron chi connectivity index (χ3n) is 2.06. The molecule has 1 atom stereocenters. The minimum Gasteiger partial charge on any atom is -0.459 e. The van der Waals surface area contributed by atoms with E-state index in [-0.39, 0.29) is 43.2 Å². The molecule has 1 aromatic heterocycles. The summed E-state index contributed by atoms with van der Waals surface area (Å²) in [6, 6.07) is 2.89. The maximum absolute atomic E-state index is 11.4. The molecule has 1 aromatic rings. The molecule has 3 N–H and O–H groups in total. The van der Waals surface area contributed by atoms with Gasteiger partial charge >= 0.3 is 0 Å². The largest absolute Gasteiger partial charge is 0.459 e. The Morgan fingerprint density at radius 2 is 2.29 bits per heavy atom. The summed E-state index contributed by atoms with van der Waals surface area (Å²) in [5.74, 6) is -0.349. The van der Waals surface area contributed by atoms with Gasteiger partial charge in [-0.25, -0.2) is 0 Å². The van der Waals surface area contributed by atoms with Crippen molar-refractivity contribution < 1.29 is 19.1 Å². The molecule has 0 saturated heterocycles. The van der Waals surface area contributed by atoms with E-state index < -0.39 is 0 Å². The summed E-state index contributed by atoms with van der Waals surface area (Å²) in [4.78, 5) is 22.7. The van der Waals surface area contributed by atoms with Crippen LogP contribution in [0.1, 0.15) is 23.9 Å². The SMILES string of the molecule is C[C@H](CO)NC(=O)CCNC(=O)c1ccco1. The van der Waals surface area contributed by atoms with E-state index in [9.17, 15) is 9.59 Å². The predicted molar refractivity (Wildman–Crippen MR) is 60.3 cm³/mol. The molecule has 0 saturated carbocycles. The molecule has 0 radical (unpaired) electrons. The van der Waals surface area contributed by atoms with Crippen LogP contribution in [0.25, 0.3) is 0 Å². The Balaban J connectivity index is 2.20. The molecule has 1 heterocycles. The average Bonchev–Trinajstić information content (AvgIpc) is 2.82. The number of aliphatic hydroxyl groups excluding tert-OH is 1. The molecule has 0 aliphatic rings. The highest BCUT2D eigenvalue weighted by Gasteiger charge is 2.09. The van der Waals surface area contributed by atoms with E-state index in [1.165, 1.54) is 6.26 Å². The summed E-state index contributed by atoms with van der Waals surface area (Å²) in [7, 11) is 0. The molecule has 0 aromatic carbocycles. The van der Waals surface area contributed by atoms with E-state index in [0.717, 1.165) is 0 Å². The van der Waals surface area contributed by atoms with Crippen LogP contribution >= 0.6 is 0 Å². The summed E-state index contributed by atoms with van der Waals surface area (Å²) < 4.78 is 4.89. The third kappa shape index (κ3) is 4.69. The van der Waals surface area contributed by atoms with Gasteiger partial charge in [0, 0.05) is 19.0 Å². The van der Waals surface area contributed by atoms with E-state index in [2.05, 4.69) is 10.6 Å². The number of nitrogens with one attached hydrogen (secondary N) is 2. The number of rotatable bonds is 6. The van der Waals surface area contributed by atoms with E-state index in [4.69, 9.17) is 9.52 Å². The molecule has 2 amide bonds. The summed E-state index contributed by atoms with van der Waals surface area (Å²) in [6.45, 7) is 1.81. The minimum absolute atomic E-state index is 0.107. The zero-order valence-electron chi connectivity index (χ0n) is 9.60. The second-order valence-corrected chi connectivity index (χ2v) is 3.63. The standard InChI is InChI=1S/C11H16N2O4/c1-8(7-14)13-10(15)4-5-12-11(16)9-3-2-6-17-9/h2-3,6,8,14H,4-5,7H2,1H3,(H,12,16)(H,13,15)/t8-/m1/s1. The maximum Gasteiger partial charge on any atom is 0.286 e. The van der Waals surface area contributed by atoms with Crippen molar-refractivity contribution in [1.29, 1.82) is 0 Å². The fraction of sp³-hybridized carbons (Fsp3) is 0.455. The van der Waals surface area contributed by atoms with Crippen LogP contribution in [0.4, 0.5) is 0 Å². The predicted octanol–water partition coefficient (Wildman–Crippen LogP) is -0.103. The lowest BCUT2D eigenvalue weighted by molar-refractivity contribution is -0.121. The monoisotopic (exact) mass is 240 g/mol. The van der Waals surface area contributed by atoms with Gasteiger partial charge < -0.3 is 20.2 Å². The first-order valence-corrected chi connectivity index (χ1v) is 5.35. The van der Waals surface area contributed by atoms with Crippen molar-refractivity contribution in [3.63, 3.8) is 0 Å². The lowest BCUT2D eigenvalue weighted by atomic mass is 10.3. The first-order valence-electron chi connectivity index (χ1n) is 5.35. The Morgan fingerprint density at radius 1 is 1.53 bits per heavy atom. The van der Waals surface area contributed by atoms with Gasteiger partial charge in [0.05, 0.1) is 12.9 Å². The molecule has 1 rings (SSSR count). The Kier molecular flexibility index (Phi) is 5.22. The van der Waals surface area contributed by atoms with Gasteiger partial charge in [0.15, 0.2) is 5.76 Å². The van der Waals surface area contributed by atoms with E-state index in [0.29, 0.717) is 0 Å². The quantitative estimate of drug-likeness (QED) is 0.647. The summed E-state index contributed by atoms with van der Waals surface area (Å²) in [6.07, 6.45) is 1.57. The second kappa shape index (κ2) is 6.70. The normalized spacial score (nSPS) is 11.9. The average molecular weight is 240 g/mol. The molecule has 94 valence electrons. The van der Waals surface area contributed by atoms with Crippen LogP contribution in [0, 0.1) is 0 Å². The second-order valence-electron chi connectivity index (χ2n) is 3.63. The molecule has 6 heteroatoms. The van der Waals surface area contributed by atoms with Gasteiger partial charge in [0.25, 0.3) is 5.91 Å². The van der Waals surface area contributed by atoms with Crippen LogP contribution < -0.4 is 10.6 Å². The molecule has 0 spiro atoms. The number of aliphatic hydroxyl groups is 1. The molecule has 0 aliphatic heterocycles. The summed E-state index contributed by atoms with van der Waals surface area (Å²) in [5, 5.41) is 13.9. The van der Waals surface area contributed by atoms with Crippen molar-refractivity contribution in [2.45, 2.75) is 19.4 Å².